The van der Waals surface area contributed by atoms with Crippen molar-refractivity contribution in [2.24, 2.45) is 0 Å². The van der Waals surface area contributed by atoms with Crippen LogP contribution in [0.25, 0.3) is 0 Å². The summed E-state index contributed by atoms with van der Waals surface area (Å²) in [4.78, 5) is 10.9. The molecule has 1 aliphatic heterocycles. The third-order valence-electron chi connectivity index (χ3n) is 3.11. The van der Waals surface area contributed by atoms with Gasteiger partial charge in [-0.25, -0.2) is 4.79 Å². The zero-order valence-electron chi connectivity index (χ0n) is 12.1. The summed E-state index contributed by atoms with van der Waals surface area (Å²) >= 11 is 0. The van der Waals surface area contributed by atoms with Crippen molar-refractivity contribution in [3.05, 3.63) is 0 Å². The van der Waals surface area contributed by atoms with Crippen LogP contribution in [0.5, 0.6) is 0 Å². The smallest absolute Gasteiger partial charge is 0.331 e. The minimum atomic E-state index is -0.369. The predicted octanol–water partition coefficient (Wildman–Crippen LogP) is 2.28. The fourth-order valence-electron chi connectivity index (χ4n) is 1.99. The average Bonchev–Trinajstić information content (AvgIpc) is 2.86. The van der Waals surface area contributed by atoms with Crippen molar-refractivity contribution in [3.8, 4) is 0 Å². The van der Waals surface area contributed by atoms with E-state index in [4.69, 9.17) is 14.2 Å². The molecule has 5 nitrogen and oxygen atoms in total. The number of hydrogen-bond acceptors (Lipinski definition) is 5. The summed E-state index contributed by atoms with van der Waals surface area (Å²) in [5.74, 6) is -0.369. The molecule has 1 saturated heterocycles. The SMILES string of the molecule is CCCCCCC[C@@H]1OC[C@@H](COCC(=O)OC)O1. The van der Waals surface area contributed by atoms with Gasteiger partial charge >= 0.3 is 5.97 Å². The highest BCUT2D eigenvalue weighted by molar-refractivity contribution is 5.70. The van der Waals surface area contributed by atoms with Gasteiger partial charge in [-0.1, -0.05) is 32.6 Å². The van der Waals surface area contributed by atoms with Crippen molar-refractivity contribution >= 4 is 5.97 Å². The molecule has 0 amide bonds. The van der Waals surface area contributed by atoms with Crippen molar-refractivity contribution in [1.82, 2.24) is 0 Å². The molecular formula is C14H26O5. The van der Waals surface area contributed by atoms with E-state index in [1.54, 1.807) is 0 Å². The lowest BCUT2D eigenvalue weighted by Gasteiger charge is -2.11. The lowest BCUT2D eigenvalue weighted by molar-refractivity contribution is -0.147. The van der Waals surface area contributed by atoms with E-state index in [1.165, 1.54) is 32.8 Å². The van der Waals surface area contributed by atoms with Gasteiger partial charge in [0.15, 0.2) is 6.29 Å². The zero-order valence-corrected chi connectivity index (χ0v) is 12.1. The quantitative estimate of drug-likeness (QED) is 0.452. The Balaban J connectivity index is 1.98. The normalized spacial score (nSPS) is 22.6. The maximum absolute atomic E-state index is 10.9. The zero-order chi connectivity index (χ0) is 13.9. The Bertz CT molecular complexity index is 244. The summed E-state index contributed by atoms with van der Waals surface area (Å²) in [6.45, 7) is 3.10. The predicted molar refractivity (Wildman–Crippen MR) is 70.8 cm³/mol. The number of carbonyl (C=O) groups is 1. The molecule has 0 saturated carbocycles. The van der Waals surface area contributed by atoms with Gasteiger partial charge in [-0.3, -0.25) is 0 Å². The number of carbonyl (C=O) groups excluding carboxylic acids is 1. The summed E-state index contributed by atoms with van der Waals surface area (Å²) in [5, 5.41) is 0. The molecule has 0 aromatic heterocycles. The van der Waals surface area contributed by atoms with Crippen LogP contribution in [0.15, 0.2) is 0 Å². The average molecular weight is 274 g/mol. The molecule has 19 heavy (non-hydrogen) atoms. The molecule has 1 rings (SSSR count). The summed E-state index contributed by atoms with van der Waals surface area (Å²) in [6, 6.07) is 0. The summed E-state index contributed by atoms with van der Waals surface area (Å²) < 4.78 is 20.9. The van der Waals surface area contributed by atoms with E-state index in [1.807, 2.05) is 0 Å². The lowest BCUT2D eigenvalue weighted by Crippen LogP contribution is -2.22. The van der Waals surface area contributed by atoms with Crippen molar-refractivity contribution in [2.45, 2.75) is 57.8 Å². The van der Waals surface area contributed by atoms with E-state index in [2.05, 4.69) is 11.7 Å². The highest BCUT2D eigenvalue weighted by atomic mass is 16.7. The molecule has 0 N–H and O–H groups in total. The summed E-state index contributed by atoms with van der Waals surface area (Å²) in [7, 11) is 1.34. The van der Waals surface area contributed by atoms with E-state index in [0.717, 1.165) is 12.8 Å². The Labute approximate surface area is 115 Å². The van der Waals surface area contributed by atoms with Gasteiger partial charge in [0.25, 0.3) is 0 Å². The number of unbranched alkanes of at least 4 members (excludes halogenated alkanes) is 4. The second-order valence-corrected chi connectivity index (χ2v) is 4.82. The van der Waals surface area contributed by atoms with Crippen LogP contribution in [0, 0.1) is 0 Å². The van der Waals surface area contributed by atoms with Crippen molar-refractivity contribution in [1.29, 1.82) is 0 Å². The van der Waals surface area contributed by atoms with E-state index in [0.29, 0.717) is 13.2 Å². The molecule has 2 atom stereocenters. The highest BCUT2D eigenvalue weighted by Gasteiger charge is 2.25. The van der Waals surface area contributed by atoms with Crippen LogP contribution in [0.3, 0.4) is 0 Å². The van der Waals surface area contributed by atoms with Crippen LogP contribution in [-0.4, -0.2) is 45.3 Å². The lowest BCUT2D eigenvalue weighted by atomic mass is 10.1. The number of ether oxygens (including phenoxy) is 4. The molecule has 0 aliphatic carbocycles. The second-order valence-electron chi connectivity index (χ2n) is 4.82. The molecular weight excluding hydrogens is 248 g/mol. The van der Waals surface area contributed by atoms with Crippen LogP contribution in [-0.2, 0) is 23.7 Å². The number of methoxy groups -OCH3 is 1. The molecule has 0 aromatic carbocycles. The Kier molecular flexibility index (Phi) is 8.79. The highest BCUT2D eigenvalue weighted by Crippen LogP contribution is 2.18. The van der Waals surface area contributed by atoms with Gasteiger partial charge in [0.2, 0.25) is 0 Å². The van der Waals surface area contributed by atoms with Crippen LogP contribution in [0.1, 0.15) is 45.4 Å². The topological polar surface area (TPSA) is 54.0 Å². The van der Waals surface area contributed by atoms with Crippen molar-refractivity contribution in [3.63, 3.8) is 0 Å². The minimum Gasteiger partial charge on any atom is -0.467 e. The standard InChI is InChI=1S/C14H26O5/c1-3-4-5-6-7-8-14-18-10-12(19-14)9-17-11-13(15)16-2/h12,14H,3-11H2,1-2H3/t12-,14-/m1/s1. The first kappa shape index (κ1) is 16.4. The molecule has 112 valence electrons. The Morgan fingerprint density at radius 1 is 1.26 bits per heavy atom. The maximum atomic E-state index is 10.9. The first-order chi connectivity index (χ1) is 9.26. The van der Waals surface area contributed by atoms with Gasteiger partial charge in [-0.15, -0.1) is 0 Å². The number of rotatable bonds is 10. The first-order valence-corrected chi connectivity index (χ1v) is 7.18. The second kappa shape index (κ2) is 10.2. The van der Waals surface area contributed by atoms with Crippen molar-refractivity contribution < 1.29 is 23.7 Å². The minimum absolute atomic E-state index is 0.0297. The summed E-state index contributed by atoms with van der Waals surface area (Å²) in [6.07, 6.45) is 7.00. The maximum Gasteiger partial charge on any atom is 0.331 e. The molecule has 0 aromatic rings. The Morgan fingerprint density at radius 3 is 2.79 bits per heavy atom. The van der Waals surface area contributed by atoms with Gasteiger partial charge in [0.1, 0.15) is 12.7 Å². The molecule has 1 heterocycles. The number of esters is 1. The van der Waals surface area contributed by atoms with Gasteiger partial charge in [0, 0.05) is 0 Å². The molecule has 5 heteroatoms. The third kappa shape index (κ3) is 7.50. The van der Waals surface area contributed by atoms with Gasteiger partial charge < -0.3 is 18.9 Å². The largest absolute Gasteiger partial charge is 0.467 e. The molecule has 0 spiro atoms. The van der Waals surface area contributed by atoms with Crippen LogP contribution >= 0.6 is 0 Å². The fourth-order valence-corrected chi connectivity index (χ4v) is 1.99. The molecule has 0 radical (unpaired) electrons. The number of hydrogen-bond donors (Lipinski definition) is 0. The Morgan fingerprint density at radius 2 is 2.05 bits per heavy atom. The van der Waals surface area contributed by atoms with E-state index in [9.17, 15) is 4.79 Å². The van der Waals surface area contributed by atoms with Gasteiger partial charge in [-0.2, -0.15) is 0 Å². The fraction of sp³-hybridized carbons (Fsp3) is 0.929. The molecule has 0 bridgehead atoms. The van der Waals surface area contributed by atoms with Gasteiger partial charge in [-0.05, 0) is 12.8 Å². The molecule has 1 aliphatic rings. The Hall–Kier alpha value is -0.650. The van der Waals surface area contributed by atoms with Gasteiger partial charge in [0.05, 0.1) is 20.3 Å². The van der Waals surface area contributed by atoms with Crippen LogP contribution in [0.4, 0.5) is 0 Å². The van der Waals surface area contributed by atoms with Crippen LogP contribution < -0.4 is 0 Å². The molecule has 0 unspecified atom stereocenters. The first-order valence-electron chi connectivity index (χ1n) is 7.18. The van der Waals surface area contributed by atoms with E-state index < -0.39 is 0 Å². The van der Waals surface area contributed by atoms with Crippen LogP contribution in [0.2, 0.25) is 0 Å². The van der Waals surface area contributed by atoms with E-state index in [-0.39, 0.29) is 25.0 Å². The van der Waals surface area contributed by atoms with E-state index >= 15 is 0 Å². The van der Waals surface area contributed by atoms with Crippen molar-refractivity contribution in [2.75, 3.05) is 26.9 Å². The summed E-state index contributed by atoms with van der Waals surface area (Å²) in [5.41, 5.74) is 0. The third-order valence-corrected chi connectivity index (χ3v) is 3.11. The monoisotopic (exact) mass is 274 g/mol. The molecule has 1 fully saturated rings.